The summed E-state index contributed by atoms with van der Waals surface area (Å²) in [6.45, 7) is 9.81. The minimum Gasteiger partial charge on any atom is -0.486 e. The van der Waals surface area contributed by atoms with Crippen molar-refractivity contribution >= 4 is 93.5 Å². The molecule has 5 aromatic rings. The predicted molar refractivity (Wildman–Crippen MR) is 232 cm³/mol. The van der Waals surface area contributed by atoms with Crippen molar-refractivity contribution in [1.29, 1.82) is 0 Å². The van der Waals surface area contributed by atoms with Crippen molar-refractivity contribution in [1.82, 2.24) is 4.72 Å². The molecule has 63 heavy (non-hydrogen) atoms. The van der Waals surface area contributed by atoms with Crippen LogP contribution in [0.15, 0.2) is 103 Å². The van der Waals surface area contributed by atoms with Crippen LogP contribution >= 0.6 is 0 Å². The van der Waals surface area contributed by atoms with Crippen molar-refractivity contribution in [3.8, 4) is 11.5 Å². The van der Waals surface area contributed by atoms with Gasteiger partial charge in [0.25, 0.3) is 40.3 Å². The first-order valence-corrected chi connectivity index (χ1v) is 23.8. The number of carbonyl (C=O) groups is 2. The Morgan fingerprint density at radius 1 is 0.746 bits per heavy atom. The van der Waals surface area contributed by atoms with E-state index >= 15 is 0 Å². The number of hydrogen-bond acceptors (Lipinski definition) is 13. The highest BCUT2D eigenvalue weighted by Gasteiger charge is 2.31. The number of hydrogen-bond donors (Lipinski definition) is 6. The van der Waals surface area contributed by atoms with E-state index in [9.17, 15) is 52.4 Å². The van der Waals surface area contributed by atoms with E-state index in [0.29, 0.717) is 28.8 Å². The van der Waals surface area contributed by atoms with E-state index in [-0.39, 0.29) is 55.7 Å². The fourth-order valence-corrected chi connectivity index (χ4v) is 10.2. The lowest BCUT2D eigenvalue weighted by atomic mass is 9.92. The number of aryl methyl sites for hydroxylation is 2. The number of amides is 3. The van der Waals surface area contributed by atoms with E-state index in [2.05, 4.69) is 26.9 Å². The summed E-state index contributed by atoms with van der Waals surface area (Å²) >= 11 is 0. The summed E-state index contributed by atoms with van der Waals surface area (Å²) < 4.78 is 140. The number of anilines is 4. The molecule has 23 heteroatoms. The molecule has 0 spiro atoms. The number of ether oxygens (including phenoxy) is 2. The molecule has 19 nitrogen and oxygen atoms in total. The van der Waals surface area contributed by atoms with Gasteiger partial charge < -0.3 is 25.4 Å². The lowest BCUT2D eigenvalue weighted by Gasteiger charge is -2.25. The lowest BCUT2D eigenvalue weighted by molar-refractivity contribution is -0.117. The van der Waals surface area contributed by atoms with Crippen molar-refractivity contribution in [2.24, 2.45) is 4.40 Å². The molecule has 0 radical (unpaired) electrons. The van der Waals surface area contributed by atoms with Gasteiger partial charge in [-0.2, -0.15) is 25.3 Å². The van der Waals surface area contributed by atoms with E-state index in [1.54, 1.807) is 26.8 Å². The molecule has 0 bridgehead atoms. The molecule has 0 aliphatic carbocycles. The number of nitrogens with one attached hydrogen (secondary N) is 4. The average Bonchev–Trinajstić information content (AvgIpc) is 3.17. The summed E-state index contributed by atoms with van der Waals surface area (Å²) in [5.41, 5.74) is 1.56. The Morgan fingerprint density at radius 2 is 1.43 bits per heavy atom. The van der Waals surface area contributed by atoms with Crippen molar-refractivity contribution in [2.75, 3.05) is 23.1 Å². The van der Waals surface area contributed by atoms with Crippen LogP contribution in [0, 0.1) is 20.8 Å². The number of fused-ring (bicyclic) bond motifs is 2. The molecule has 1 aliphatic heterocycles. The number of benzene rings is 5. The molecular formula is C40H37N5O14S4. The van der Waals surface area contributed by atoms with Crippen LogP contribution in [-0.2, 0) is 49.8 Å². The Balaban J connectivity index is 1.58. The Labute approximate surface area is 361 Å². The molecule has 1 heterocycles. The third-order valence-corrected chi connectivity index (χ3v) is 14.0. The second-order valence-corrected chi connectivity index (χ2v) is 20.0. The van der Waals surface area contributed by atoms with Gasteiger partial charge in [0.1, 0.15) is 21.3 Å². The summed E-state index contributed by atoms with van der Waals surface area (Å²) in [5, 5.41) is 8.10. The maximum atomic E-state index is 14.1. The molecule has 0 unspecified atom stereocenters. The summed E-state index contributed by atoms with van der Waals surface area (Å²) in [6.07, 6.45) is 0.659. The van der Waals surface area contributed by atoms with Crippen molar-refractivity contribution in [3.05, 3.63) is 117 Å². The van der Waals surface area contributed by atoms with E-state index in [4.69, 9.17) is 9.47 Å². The maximum absolute atomic E-state index is 14.1. The van der Waals surface area contributed by atoms with Gasteiger partial charge in [0.2, 0.25) is 5.91 Å². The Hall–Kier alpha value is -6.63. The molecule has 0 saturated carbocycles. The van der Waals surface area contributed by atoms with Crippen LogP contribution in [-0.4, -0.2) is 68.2 Å². The fourth-order valence-electron chi connectivity index (χ4n) is 6.85. The van der Waals surface area contributed by atoms with E-state index in [1.807, 2.05) is 4.72 Å². The smallest absolute Gasteiger partial charge is 0.323 e. The fraction of sp³-hybridized carbons (Fsp3) is 0.125. The van der Waals surface area contributed by atoms with Gasteiger partial charge in [-0.3, -0.25) is 13.9 Å². The van der Waals surface area contributed by atoms with E-state index in [0.717, 1.165) is 44.4 Å². The van der Waals surface area contributed by atoms with Crippen LogP contribution in [0.2, 0.25) is 0 Å². The second kappa shape index (κ2) is 16.9. The zero-order valence-electron chi connectivity index (χ0n) is 33.7. The van der Waals surface area contributed by atoms with Crippen molar-refractivity contribution in [2.45, 2.75) is 47.3 Å². The third-order valence-electron chi connectivity index (χ3n) is 9.43. The summed E-state index contributed by atoms with van der Waals surface area (Å²) in [7, 11) is -17.7. The number of nitrogens with zero attached hydrogens (tertiary/aromatic N) is 1. The molecule has 0 atom stereocenters. The topological polar surface area (TPSA) is 290 Å². The van der Waals surface area contributed by atoms with Crippen LogP contribution in [0.5, 0.6) is 11.5 Å². The van der Waals surface area contributed by atoms with Gasteiger partial charge in [-0.15, -0.1) is 4.40 Å². The van der Waals surface area contributed by atoms with E-state index in [1.165, 1.54) is 42.5 Å². The largest absolute Gasteiger partial charge is 0.486 e. The molecule has 0 fully saturated rings. The van der Waals surface area contributed by atoms with Crippen molar-refractivity contribution in [3.63, 3.8) is 0 Å². The molecule has 1 aliphatic rings. The van der Waals surface area contributed by atoms with Crippen LogP contribution < -0.4 is 35.8 Å². The third kappa shape index (κ3) is 9.57. The van der Waals surface area contributed by atoms with E-state index < -0.39 is 71.8 Å². The SMILES string of the molecule is C=c1cc2c(cc1S(=O)(=O)NC(C)=O)=C(c1ccccc1S(=O)(=O)O)c1cc(S(=O)(=O)N=COC)c(Nc3c(C)cc(C)c(NC(=O)Nc4cccc(S(=O)(=O)O)c4)c3C)cc1O2. The lowest BCUT2D eigenvalue weighted by Crippen LogP contribution is -2.33. The highest BCUT2D eigenvalue weighted by Crippen LogP contribution is 2.44. The number of rotatable bonds is 12. The van der Waals surface area contributed by atoms with Gasteiger partial charge in [0.15, 0.2) is 6.40 Å². The highest BCUT2D eigenvalue weighted by molar-refractivity contribution is 7.90. The standard InChI is InChI=1S/C40H37N5O14S4/c1-21-15-32-29(17-35(21)61(50,51)45-25(5)46)37(28-12-7-8-13-34(28)63(55,56)57)30-18-36(60(48,49)41-20-58-6)31(19-33(30)59-32)43-38-22(2)14-23(3)39(24(38)4)44-40(47)42-26-10-9-11-27(16-26)62(52,53)54/h7-20,43H,1H2,2-6H3,(H,45,46)(H2,42,44,47)(H,52,53,54)(H,55,56,57). The van der Waals surface area contributed by atoms with Gasteiger partial charge in [-0.25, -0.2) is 17.9 Å². The zero-order chi connectivity index (χ0) is 46.4. The minimum atomic E-state index is -4.99. The first kappa shape index (κ1) is 45.9. The molecule has 5 aromatic carbocycles. The number of urea groups is 1. The van der Waals surface area contributed by atoms with Crippen LogP contribution in [0.4, 0.5) is 27.5 Å². The van der Waals surface area contributed by atoms with Gasteiger partial charge in [0, 0.05) is 46.3 Å². The average molecular weight is 940 g/mol. The normalized spacial score (nSPS) is 12.8. The predicted octanol–water partition coefficient (Wildman–Crippen LogP) is 4.44. The quantitative estimate of drug-likeness (QED) is 0.0562. The molecule has 330 valence electrons. The number of carbonyl (C=O) groups excluding carboxylic acids is 2. The van der Waals surface area contributed by atoms with Crippen molar-refractivity contribution < 1.29 is 61.8 Å². The number of methoxy groups -OCH3 is 1. The van der Waals surface area contributed by atoms with Gasteiger partial charge >= 0.3 is 6.03 Å². The van der Waals surface area contributed by atoms with Crippen LogP contribution in [0.3, 0.4) is 0 Å². The maximum Gasteiger partial charge on any atom is 0.323 e. The van der Waals surface area contributed by atoms with Crippen LogP contribution in [0.1, 0.15) is 34.7 Å². The molecule has 0 saturated heterocycles. The molecular weight excluding hydrogens is 903 g/mol. The summed E-state index contributed by atoms with van der Waals surface area (Å²) in [5.74, 6) is -1.09. The first-order chi connectivity index (χ1) is 29.3. The molecule has 6 rings (SSSR count). The summed E-state index contributed by atoms with van der Waals surface area (Å²) in [6, 6.07) is 15.6. The Morgan fingerprint density at radius 3 is 2.08 bits per heavy atom. The number of sulfonamides is 2. The van der Waals surface area contributed by atoms with Gasteiger partial charge in [-0.1, -0.05) is 36.9 Å². The Bertz CT molecular complexity index is 3390. The highest BCUT2D eigenvalue weighted by atomic mass is 32.2. The van der Waals surface area contributed by atoms with Crippen LogP contribution in [0.25, 0.3) is 12.2 Å². The molecule has 0 aromatic heterocycles. The van der Waals surface area contributed by atoms with Gasteiger partial charge in [-0.05, 0) is 85.1 Å². The monoisotopic (exact) mass is 939 g/mol. The van der Waals surface area contributed by atoms with Gasteiger partial charge in [0.05, 0.1) is 28.3 Å². The second-order valence-electron chi connectivity index (χ2n) is 13.9. The first-order valence-electron chi connectivity index (χ1n) is 18.0. The summed E-state index contributed by atoms with van der Waals surface area (Å²) in [4.78, 5) is 23.0. The zero-order valence-corrected chi connectivity index (χ0v) is 36.9. The minimum absolute atomic E-state index is 0.0393. The molecule has 6 N–H and O–H groups in total. The Kier molecular flexibility index (Phi) is 12.3. The molecule has 3 amide bonds.